The lowest BCUT2D eigenvalue weighted by molar-refractivity contribution is 0.0473. The highest BCUT2D eigenvalue weighted by Gasteiger charge is 2.21. The number of hydrogen-bond acceptors (Lipinski definition) is 4. The average Bonchev–Trinajstić information content (AvgIpc) is 3.20. The van der Waals surface area contributed by atoms with Crippen LogP contribution < -0.4 is 4.90 Å². The Kier molecular flexibility index (Phi) is 5.49. The van der Waals surface area contributed by atoms with Crippen molar-refractivity contribution in [3.8, 4) is 0 Å². The van der Waals surface area contributed by atoms with Gasteiger partial charge >= 0.3 is 5.97 Å². The number of benzene rings is 2. The number of aryl methyl sites for hydroxylation is 1. The van der Waals surface area contributed by atoms with Crippen LogP contribution in [0.4, 0.5) is 5.69 Å². The molecule has 132 valence electrons. The van der Waals surface area contributed by atoms with E-state index in [0.29, 0.717) is 16.1 Å². The second-order valence-electron chi connectivity index (χ2n) is 5.86. The number of nitrogens with zero attached hydrogens (tertiary/aromatic N) is 1. The van der Waals surface area contributed by atoms with E-state index in [0.717, 1.165) is 11.1 Å². The van der Waals surface area contributed by atoms with Crippen LogP contribution in [0.3, 0.4) is 0 Å². The van der Waals surface area contributed by atoms with Crippen LogP contribution in [0.15, 0.2) is 66.0 Å². The second kappa shape index (κ2) is 7.97. The predicted octanol–water partition coefficient (Wildman–Crippen LogP) is 4.69. The first-order valence-corrected chi connectivity index (χ1v) is 9.08. The zero-order chi connectivity index (χ0) is 18.5. The Bertz CT molecular complexity index is 919. The van der Waals surface area contributed by atoms with E-state index in [1.54, 1.807) is 37.4 Å². The van der Waals surface area contributed by atoms with Crippen molar-refractivity contribution in [1.82, 2.24) is 0 Å². The van der Waals surface area contributed by atoms with Crippen molar-refractivity contribution in [1.29, 1.82) is 0 Å². The average molecular weight is 365 g/mol. The van der Waals surface area contributed by atoms with E-state index in [4.69, 9.17) is 4.74 Å². The number of carbonyl (C=O) groups excluding carboxylic acids is 2. The zero-order valence-corrected chi connectivity index (χ0v) is 15.5. The highest BCUT2D eigenvalue weighted by Crippen LogP contribution is 2.24. The zero-order valence-electron chi connectivity index (χ0n) is 14.6. The van der Waals surface area contributed by atoms with Crippen LogP contribution in [-0.4, -0.2) is 18.9 Å². The van der Waals surface area contributed by atoms with Crippen LogP contribution in [-0.2, 0) is 11.3 Å². The van der Waals surface area contributed by atoms with Crippen molar-refractivity contribution in [3.63, 3.8) is 0 Å². The molecule has 3 rings (SSSR count). The van der Waals surface area contributed by atoms with E-state index >= 15 is 0 Å². The van der Waals surface area contributed by atoms with Gasteiger partial charge in [-0.25, -0.2) is 4.79 Å². The molecule has 3 aromatic rings. The van der Waals surface area contributed by atoms with Crippen LogP contribution in [0.25, 0.3) is 0 Å². The predicted molar refractivity (Wildman–Crippen MR) is 104 cm³/mol. The lowest BCUT2D eigenvalue weighted by Crippen LogP contribution is -2.27. The Hall–Kier alpha value is -2.92. The molecule has 0 aliphatic heterocycles. The first kappa shape index (κ1) is 17.9. The Labute approximate surface area is 156 Å². The van der Waals surface area contributed by atoms with Crippen molar-refractivity contribution >= 4 is 28.9 Å². The molecule has 0 spiro atoms. The fourth-order valence-electron chi connectivity index (χ4n) is 2.61. The molecule has 1 amide bonds. The standard InChI is InChI=1S/C21H19NO3S/c1-15-8-3-4-9-16(15)14-25-21(24)17-10-5-6-11-18(17)22(2)20(23)19-12-7-13-26-19/h3-13H,14H2,1-2H3. The van der Waals surface area contributed by atoms with Gasteiger partial charge < -0.3 is 9.64 Å². The molecule has 1 aromatic heterocycles. The molecule has 26 heavy (non-hydrogen) atoms. The Morgan fingerprint density at radius 1 is 1.00 bits per heavy atom. The van der Waals surface area contributed by atoms with Crippen molar-refractivity contribution in [3.05, 3.63) is 87.6 Å². The number of hydrogen-bond donors (Lipinski definition) is 0. The summed E-state index contributed by atoms with van der Waals surface area (Å²) in [5.41, 5.74) is 2.93. The number of thiophene rings is 1. The smallest absolute Gasteiger partial charge is 0.340 e. The minimum atomic E-state index is -0.449. The summed E-state index contributed by atoms with van der Waals surface area (Å²) in [4.78, 5) is 27.3. The van der Waals surface area contributed by atoms with Gasteiger partial charge in [0.2, 0.25) is 0 Å². The van der Waals surface area contributed by atoms with Crippen LogP contribution in [0.2, 0.25) is 0 Å². The van der Waals surface area contributed by atoms with Crippen LogP contribution in [0.5, 0.6) is 0 Å². The normalized spacial score (nSPS) is 10.4. The van der Waals surface area contributed by atoms with E-state index in [1.807, 2.05) is 42.6 Å². The number of carbonyl (C=O) groups is 2. The van der Waals surface area contributed by atoms with E-state index < -0.39 is 5.97 Å². The van der Waals surface area contributed by atoms with Gasteiger partial charge in [0, 0.05) is 7.05 Å². The van der Waals surface area contributed by atoms with Crippen molar-refractivity contribution in [2.45, 2.75) is 13.5 Å². The van der Waals surface area contributed by atoms with E-state index in [9.17, 15) is 9.59 Å². The number of esters is 1. The summed E-state index contributed by atoms with van der Waals surface area (Å²) in [6.45, 7) is 2.17. The van der Waals surface area contributed by atoms with Crippen LogP contribution in [0, 0.1) is 6.92 Å². The molecular weight excluding hydrogens is 346 g/mol. The van der Waals surface area contributed by atoms with Gasteiger partial charge in [-0.05, 0) is 41.6 Å². The minimum Gasteiger partial charge on any atom is -0.457 e. The maximum atomic E-state index is 12.6. The van der Waals surface area contributed by atoms with Gasteiger partial charge in [-0.15, -0.1) is 11.3 Å². The molecule has 0 unspecified atom stereocenters. The molecule has 4 nitrogen and oxygen atoms in total. The largest absolute Gasteiger partial charge is 0.457 e. The molecule has 0 saturated heterocycles. The first-order chi connectivity index (χ1) is 12.6. The summed E-state index contributed by atoms with van der Waals surface area (Å²) < 4.78 is 5.48. The van der Waals surface area contributed by atoms with E-state index in [2.05, 4.69) is 0 Å². The summed E-state index contributed by atoms with van der Waals surface area (Å²) in [5, 5.41) is 1.85. The summed E-state index contributed by atoms with van der Waals surface area (Å²) in [7, 11) is 1.66. The van der Waals surface area contributed by atoms with Crippen molar-refractivity contribution < 1.29 is 14.3 Å². The van der Waals surface area contributed by atoms with Crippen molar-refractivity contribution in [2.24, 2.45) is 0 Å². The van der Waals surface area contributed by atoms with Crippen LogP contribution in [0.1, 0.15) is 31.2 Å². The highest BCUT2D eigenvalue weighted by molar-refractivity contribution is 7.12. The lowest BCUT2D eigenvalue weighted by atomic mass is 10.1. The Morgan fingerprint density at radius 2 is 1.73 bits per heavy atom. The van der Waals surface area contributed by atoms with Gasteiger partial charge in [0.15, 0.2) is 0 Å². The van der Waals surface area contributed by atoms with E-state index in [1.165, 1.54) is 16.2 Å². The summed E-state index contributed by atoms with van der Waals surface area (Å²) in [6.07, 6.45) is 0. The fraction of sp³-hybridized carbons (Fsp3) is 0.143. The van der Waals surface area contributed by atoms with Gasteiger partial charge in [0.25, 0.3) is 5.91 Å². The maximum absolute atomic E-state index is 12.6. The number of rotatable bonds is 5. The molecule has 0 atom stereocenters. The fourth-order valence-corrected chi connectivity index (χ4v) is 3.31. The third-order valence-electron chi connectivity index (χ3n) is 4.14. The second-order valence-corrected chi connectivity index (χ2v) is 6.81. The third-order valence-corrected chi connectivity index (χ3v) is 5.00. The molecule has 0 saturated carbocycles. The molecule has 0 aliphatic rings. The molecule has 5 heteroatoms. The van der Waals surface area contributed by atoms with E-state index in [-0.39, 0.29) is 12.5 Å². The molecule has 0 radical (unpaired) electrons. The highest BCUT2D eigenvalue weighted by atomic mass is 32.1. The molecular formula is C21H19NO3S. The summed E-state index contributed by atoms with van der Waals surface area (Å²) in [6, 6.07) is 18.3. The topological polar surface area (TPSA) is 46.6 Å². The van der Waals surface area contributed by atoms with Crippen LogP contribution >= 0.6 is 11.3 Å². The van der Waals surface area contributed by atoms with Gasteiger partial charge in [-0.3, -0.25) is 4.79 Å². The number of amides is 1. The van der Waals surface area contributed by atoms with Crippen molar-refractivity contribution in [2.75, 3.05) is 11.9 Å². The number of ether oxygens (including phenoxy) is 1. The number of anilines is 1. The molecule has 2 aromatic carbocycles. The van der Waals surface area contributed by atoms with Gasteiger partial charge in [0.1, 0.15) is 6.61 Å². The van der Waals surface area contributed by atoms with Gasteiger partial charge in [-0.1, -0.05) is 42.5 Å². The van der Waals surface area contributed by atoms with Gasteiger partial charge in [-0.2, -0.15) is 0 Å². The third kappa shape index (κ3) is 3.83. The molecule has 1 heterocycles. The molecule has 0 bridgehead atoms. The van der Waals surface area contributed by atoms with Gasteiger partial charge in [0.05, 0.1) is 16.1 Å². The molecule has 0 fully saturated rings. The molecule has 0 aliphatic carbocycles. The maximum Gasteiger partial charge on any atom is 0.340 e. The molecule has 0 N–H and O–H groups in total. The quantitative estimate of drug-likeness (QED) is 0.616. The Balaban J connectivity index is 1.79. The summed E-state index contributed by atoms with van der Waals surface area (Å²) >= 11 is 1.37. The summed E-state index contributed by atoms with van der Waals surface area (Å²) in [5.74, 6) is -0.603. The minimum absolute atomic E-state index is 0.154. The Morgan fingerprint density at radius 3 is 2.46 bits per heavy atom. The SMILES string of the molecule is Cc1ccccc1COC(=O)c1ccccc1N(C)C(=O)c1cccs1. The first-order valence-electron chi connectivity index (χ1n) is 8.20. The number of para-hydroxylation sites is 1. The lowest BCUT2D eigenvalue weighted by Gasteiger charge is -2.19. The monoisotopic (exact) mass is 365 g/mol.